The molecule has 0 saturated heterocycles. The highest BCUT2D eigenvalue weighted by Gasteiger charge is 2.21. The monoisotopic (exact) mass is 548 g/mol. The molecule has 2 heterocycles. The van der Waals surface area contributed by atoms with Crippen LogP contribution in [-0.2, 0) is 13.1 Å². The van der Waals surface area contributed by atoms with Crippen LogP contribution in [0.4, 0.5) is 0 Å². The second-order valence-electron chi connectivity index (χ2n) is 8.18. The number of nitrogens with zero attached hydrogens (tertiary/aromatic N) is 4. The van der Waals surface area contributed by atoms with E-state index >= 15 is 0 Å². The van der Waals surface area contributed by atoms with Gasteiger partial charge >= 0.3 is 0 Å². The molecule has 6 aromatic rings. The van der Waals surface area contributed by atoms with E-state index in [-0.39, 0.29) is 17.0 Å². The van der Waals surface area contributed by atoms with Gasteiger partial charge in [0.1, 0.15) is 18.8 Å². The molecule has 6 rings (SSSR count). The summed E-state index contributed by atoms with van der Waals surface area (Å²) < 4.78 is 3.86. The zero-order chi connectivity index (χ0) is 22.4. The third kappa shape index (κ3) is 4.27. The Morgan fingerprint density at radius 1 is 0.765 bits per heavy atom. The van der Waals surface area contributed by atoms with Crippen LogP contribution >= 0.6 is 23.2 Å². The fraction of sp³-hybridized carbons (Fsp3) is 0.0741. The van der Waals surface area contributed by atoms with Crippen LogP contribution in [0.2, 0.25) is 10.3 Å². The van der Waals surface area contributed by atoms with Crippen molar-refractivity contribution in [2.45, 2.75) is 13.1 Å². The van der Waals surface area contributed by atoms with Crippen LogP contribution in [0, 0.1) is 0 Å². The Morgan fingerprint density at radius 3 is 2.24 bits per heavy atom. The molecule has 0 atom stereocenters. The highest BCUT2D eigenvalue weighted by atomic mass is 79.9. The van der Waals surface area contributed by atoms with E-state index < -0.39 is 0 Å². The van der Waals surface area contributed by atoms with Gasteiger partial charge in [-0.3, -0.25) is 4.98 Å². The van der Waals surface area contributed by atoms with Gasteiger partial charge in [0.25, 0.3) is 10.3 Å². The van der Waals surface area contributed by atoms with Crippen molar-refractivity contribution >= 4 is 55.8 Å². The van der Waals surface area contributed by atoms with Crippen molar-refractivity contribution in [2.75, 3.05) is 0 Å². The van der Waals surface area contributed by atoms with E-state index in [1.165, 1.54) is 21.5 Å². The molecule has 168 valence electrons. The van der Waals surface area contributed by atoms with E-state index in [1.54, 1.807) is 6.20 Å². The van der Waals surface area contributed by atoms with Crippen molar-refractivity contribution < 1.29 is 21.5 Å². The van der Waals surface area contributed by atoms with Crippen LogP contribution in [0.15, 0.2) is 91.4 Å². The van der Waals surface area contributed by atoms with Gasteiger partial charge in [0.15, 0.2) is 0 Å². The number of halogens is 3. The van der Waals surface area contributed by atoms with E-state index in [1.807, 2.05) is 39.7 Å². The van der Waals surface area contributed by atoms with Crippen LogP contribution in [0.3, 0.4) is 0 Å². The van der Waals surface area contributed by atoms with Crippen molar-refractivity contribution in [2.24, 2.45) is 0 Å². The van der Waals surface area contributed by atoms with Gasteiger partial charge < -0.3 is 17.0 Å². The summed E-state index contributed by atoms with van der Waals surface area (Å²) >= 11 is 13.2. The smallest absolute Gasteiger partial charge is 0.255 e. The Bertz CT molecular complexity index is 1660. The van der Waals surface area contributed by atoms with Gasteiger partial charge in [-0.1, -0.05) is 48.5 Å². The molecule has 4 aromatic carbocycles. The number of hydrogen-bond acceptors (Lipinski definition) is 2. The van der Waals surface area contributed by atoms with E-state index in [2.05, 4.69) is 59.6 Å². The summed E-state index contributed by atoms with van der Waals surface area (Å²) in [6.45, 7) is 1.12. The van der Waals surface area contributed by atoms with Crippen LogP contribution in [0.25, 0.3) is 32.6 Å². The van der Waals surface area contributed by atoms with Crippen LogP contribution < -0.4 is 21.5 Å². The van der Waals surface area contributed by atoms with Gasteiger partial charge in [-0.2, -0.15) is 0 Å². The molecule has 0 radical (unpaired) electrons. The molecule has 0 saturated carbocycles. The first-order chi connectivity index (χ1) is 16.1. The van der Waals surface area contributed by atoms with Crippen LogP contribution in [0.1, 0.15) is 11.3 Å². The van der Waals surface area contributed by atoms with Gasteiger partial charge in [0.05, 0.1) is 17.2 Å². The van der Waals surface area contributed by atoms with Gasteiger partial charge in [-0.25, -0.2) is 14.1 Å². The molecule has 0 bridgehead atoms. The average Bonchev–Trinajstić information content (AvgIpc) is 3.10. The lowest BCUT2D eigenvalue weighted by Gasteiger charge is -2.05. The zero-order valence-corrected chi connectivity index (χ0v) is 21.1. The highest BCUT2D eigenvalue weighted by molar-refractivity contribution is 6.39. The minimum atomic E-state index is 0. The highest BCUT2D eigenvalue weighted by Crippen LogP contribution is 2.25. The predicted octanol–water partition coefficient (Wildman–Crippen LogP) is 3.43. The van der Waals surface area contributed by atoms with Crippen molar-refractivity contribution in [3.05, 3.63) is 113 Å². The van der Waals surface area contributed by atoms with Crippen molar-refractivity contribution in [3.8, 4) is 0 Å². The lowest BCUT2D eigenvalue weighted by Crippen LogP contribution is -3.00. The number of para-hydroxylation sites is 2. The first-order valence-corrected chi connectivity index (χ1v) is 11.5. The minimum Gasteiger partial charge on any atom is -1.00 e. The largest absolute Gasteiger partial charge is 1.00 e. The van der Waals surface area contributed by atoms with Crippen molar-refractivity contribution in [1.82, 2.24) is 14.5 Å². The van der Waals surface area contributed by atoms with Gasteiger partial charge in [0.2, 0.25) is 6.33 Å². The first kappa shape index (κ1) is 22.8. The van der Waals surface area contributed by atoms with Gasteiger partial charge in [-0.05, 0) is 80.6 Å². The number of imidazole rings is 1. The summed E-state index contributed by atoms with van der Waals surface area (Å²) in [7, 11) is 0. The van der Waals surface area contributed by atoms with Crippen LogP contribution in [0.5, 0.6) is 0 Å². The Balaban J connectivity index is 0.00000241. The molecule has 0 fully saturated rings. The van der Waals surface area contributed by atoms with E-state index in [0.29, 0.717) is 23.4 Å². The Labute approximate surface area is 217 Å². The number of hydrogen-bond donors (Lipinski definition) is 0. The molecule has 4 nitrogen and oxygen atoms in total. The summed E-state index contributed by atoms with van der Waals surface area (Å²) in [5.41, 5.74) is 3.72. The topological polar surface area (TPSA) is 34.6 Å². The summed E-state index contributed by atoms with van der Waals surface area (Å²) in [6, 6.07) is 27.2. The molecular formula is C27H19BrCl2N4. The normalized spacial score (nSPS) is 11.2. The van der Waals surface area contributed by atoms with E-state index in [9.17, 15) is 0 Å². The van der Waals surface area contributed by atoms with Crippen molar-refractivity contribution in [3.63, 3.8) is 0 Å². The predicted molar refractivity (Wildman–Crippen MR) is 134 cm³/mol. The Hall–Kier alpha value is -2.99. The molecule has 2 aromatic heterocycles. The number of rotatable bonds is 4. The number of aromatic nitrogens is 4. The van der Waals surface area contributed by atoms with Crippen LogP contribution in [-0.4, -0.2) is 14.5 Å². The van der Waals surface area contributed by atoms with Gasteiger partial charge in [0, 0.05) is 0 Å². The molecule has 7 heteroatoms. The van der Waals surface area contributed by atoms with E-state index in [4.69, 9.17) is 28.2 Å². The fourth-order valence-electron chi connectivity index (χ4n) is 4.26. The third-order valence-electron chi connectivity index (χ3n) is 5.91. The summed E-state index contributed by atoms with van der Waals surface area (Å²) in [5.74, 6) is 0. The molecule has 34 heavy (non-hydrogen) atoms. The van der Waals surface area contributed by atoms with E-state index in [0.717, 1.165) is 22.3 Å². The summed E-state index contributed by atoms with van der Waals surface area (Å²) in [6.07, 6.45) is 3.72. The lowest BCUT2D eigenvalue weighted by molar-refractivity contribution is -0.685. The second-order valence-corrected chi connectivity index (χ2v) is 8.90. The SMILES string of the molecule is Clc1c(Cl)[n+](Cc2ccc3cc4ccccc4cc3c2)cn1Cc1cnc2ccccc2n1.[Br-]. The third-order valence-corrected chi connectivity index (χ3v) is 6.80. The maximum atomic E-state index is 6.60. The van der Waals surface area contributed by atoms with Gasteiger partial charge in [-0.15, -0.1) is 0 Å². The molecule has 0 N–H and O–H groups in total. The molecule has 0 spiro atoms. The zero-order valence-electron chi connectivity index (χ0n) is 18.0. The fourth-order valence-corrected chi connectivity index (χ4v) is 4.68. The standard InChI is InChI=1S/C27H19Cl2N4.BrH/c28-26-27(29)33(16-23-14-30-24-7-3-4-8-25(24)31-23)17-32(26)15-18-9-10-21-12-19-5-1-2-6-20(19)13-22(21)11-18;/h1-14,17H,15-16H2;1H/q+1;/p-1. The number of benzene rings is 4. The quantitative estimate of drug-likeness (QED) is 0.249. The second kappa shape index (κ2) is 9.34. The molecule has 0 aliphatic carbocycles. The molecule has 0 aliphatic rings. The molecule has 0 unspecified atom stereocenters. The molecule has 0 amide bonds. The minimum absolute atomic E-state index is 0. The Morgan fingerprint density at radius 2 is 1.44 bits per heavy atom. The number of fused-ring (bicyclic) bond motifs is 3. The maximum absolute atomic E-state index is 6.60. The molecular weight excluding hydrogens is 531 g/mol. The molecule has 0 aliphatic heterocycles. The average molecular weight is 550 g/mol. The Kier molecular flexibility index (Phi) is 6.26. The summed E-state index contributed by atoms with van der Waals surface area (Å²) in [4.78, 5) is 9.20. The lowest BCUT2D eigenvalue weighted by atomic mass is 10.0. The van der Waals surface area contributed by atoms with Crippen molar-refractivity contribution in [1.29, 1.82) is 0 Å². The first-order valence-electron chi connectivity index (χ1n) is 10.7. The maximum Gasteiger partial charge on any atom is 0.255 e. The summed E-state index contributed by atoms with van der Waals surface area (Å²) in [5, 5.41) is 5.90.